The third kappa shape index (κ3) is 2.40. The number of anilines is 1. The summed E-state index contributed by atoms with van der Waals surface area (Å²) in [4.78, 5) is 4.22. The van der Waals surface area contributed by atoms with Crippen molar-refractivity contribution in [2.75, 3.05) is 12.3 Å². The average Bonchev–Trinajstić information content (AvgIpc) is 2.74. The summed E-state index contributed by atoms with van der Waals surface area (Å²) < 4.78 is 0. The molecule has 0 aliphatic rings. The fraction of sp³-hybridized carbons (Fsp3) is 0.357. The molecule has 18 heavy (non-hydrogen) atoms. The molecular weight excluding hydrogens is 242 g/mol. The van der Waals surface area contributed by atoms with E-state index in [1.807, 2.05) is 6.07 Å². The number of aromatic nitrogens is 1. The van der Waals surface area contributed by atoms with E-state index in [1.165, 1.54) is 16.7 Å². The van der Waals surface area contributed by atoms with Crippen LogP contribution in [0.3, 0.4) is 0 Å². The van der Waals surface area contributed by atoms with Crippen molar-refractivity contribution in [1.82, 2.24) is 10.3 Å². The molecule has 0 saturated carbocycles. The summed E-state index contributed by atoms with van der Waals surface area (Å²) in [7, 11) is 0. The Labute approximate surface area is 112 Å². The van der Waals surface area contributed by atoms with Crippen molar-refractivity contribution < 1.29 is 0 Å². The van der Waals surface area contributed by atoms with E-state index in [1.54, 1.807) is 17.5 Å². The van der Waals surface area contributed by atoms with Gasteiger partial charge in [-0.15, -0.1) is 0 Å². The number of rotatable bonds is 4. The van der Waals surface area contributed by atoms with E-state index in [9.17, 15) is 0 Å². The number of nitrogens with zero attached hydrogens (tertiary/aromatic N) is 1. The van der Waals surface area contributed by atoms with Crippen LogP contribution < -0.4 is 11.1 Å². The smallest absolute Gasteiger partial charge is 0.128 e. The number of nitrogens with one attached hydrogen (secondary N) is 1. The normalized spacial score (nSPS) is 12.6. The Balaban J connectivity index is 2.52. The van der Waals surface area contributed by atoms with E-state index in [0.29, 0.717) is 5.82 Å². The molecule has 2 heterocycles. The SMILES string of the molecule is CCNC(c1cscc1C)c1c(C)ccnc1N. The second-order valence-electron chi connectivity index (χ2n) is 4.43. The molecule has 0 amide bonds. The zero-order chi connectivity index (χ0) is 13.1. The van der Waals surface area contributed by atoms with Gasteiger partial charge in [-0.3, -0.25) is 0 Å². The van der Waals surface area contributed by atoms with Crippen molar-refractivity contribution in [3.8, 4) is 0 Å². The van der Waals surface area contributed by atoms with Crippen LogP contribution in [0.4, 0.5) is 5.82 Å². The maximum Gasteiger partial charge on any atom is 0.128 e. The Morgan fingerprint density at radius 2 is 2.11 bits per heavy atom. The molecule has 2 rings (SSSR count). The van der Waals surface area contributed by atoms with Crippen LogP contribution in [0, 0.1) is 13.8 Å². The van der Waals surface area contributed by atoms with E-state index in [-0.39, 0.29) is 6.04 Å². The molecule has 96 valence electrons. The van der Waals surface area contributed by atoms with Crippen LogP contribution in [0.1, 0.15) is 35.2 Å². The Kier molecular flexibility index (Phi) is 3.99. The Morgan fingerprint density at radius 3 is 2.67 bits per heavy atom. The minimum Gasteiger partial charge on any atom is -0.383 e. The molecule has 0 saturated heterocycles. The lowest BCUT2D eigenvalue weighted by molar-refractivity contribution is 0.626. The van der Waals surface area contributed by atoms with Crippen molar-refractivity contribution in [1.29, 1.82) is 0 Å². The molecule has 2 aromatic heterocycles. The topological polar surface area (TPSA) is 50.9 Å². The van der Waals surface area contributed by atoms with Crippen LogP contribution in [0.2, 0.25) is 0 Å². The fourth-order valence-electron chi connectivity index (χ4n) is 2.20. The molecule has 0 bridgehead atoms. The number of hydrogen-bond donors (Lipinski definition) is 2. The summed E-state index contributed by atoms with van der Waals surface area (Å²) in [6.07, 6.45) is 1.76. The zero-order valence-electron chi connectivity index (χ0n) is 11.0. The lowest BCUT2D eigenvalue weighted by Crippen LogP contribution is -2.24. The largest absolute Gasteiger partial charge is 0.383 e. The molecule has 0 spiro atoms. The van der Waals surface area contributed by atoms with Crippen molar-refractivity contribution in [2.45, 2.75) is 26.8 Å². The van der Waals surface area contributed by atoms with Gasteiger partial charge < -0.3 is 11.1 Å². The third-order valence-corrected chi connectivity index (χ3v) is 4.02. The third-order valence-electron chi connectivity index (χ3n) is 3.14. The van der Waals surface area contributed by atoms with Gasteiger partial charge in [0, 0.05) is 11.8 Å². The van der Waals surface area contributed by atoms with Gasteiger partial charge in [-0.1, -0.05) is 6.92 Å². The molecular formula is C14H19N3S. The van der Waals surface area contributed by atoms with Gasteiger partial charge in [0.2, 0.25) is 0 Å². The van der Waals surface area contributed by atoms with Crippen molar-refractivity contribution in [3.63, 3.8) is 0 Å². The zero-order valence-corrected chi connectivity index (χ0v) is 11.8. The predicted molar refractivity (Wildman–Crippen MR) is 78.0 cm³/mol. The van der Waals surface area contributed by atoms with Crippen molar-refractivity contribution in [3.05, 3.63) is 45.3 Å². The highest BCUT2D eigenvalue weighted by atomic mass is 32.1. The van der Waals surface area contributed by atoms with Crippen LogP contribution in [-0.2, 0) is 0 Å². The van der Waals surface area contributed by atoms with Crippen LogP contribution in [0.15, 0.2) is 23.0 Å². The first-order valence-electron chi connectivity index (χ1n) is 6.12. The van der Waals surface area contributed by atoms with Gasteiger partial charge in [0.05, 0.1) is 6.04 Å². The van der Waals surface area contributed by atoms with E-state index in [0.717, 1.165) is 12.1 Å². The highest BCUT2D eigenvalue weighted by Crippen LogP contribution is 2.31. The number of thiophene rings is 1. The van der Waals surface area contributed by atoms with E-state index in [2.05, 4.69) is 41.8 Å². The molecule has 2 aromatic rings. The quantitative estimate of drug-likeness (QED) is 0.889. The lowest BCUT2D eigenvalue weighted by atomic mass is 9.95. The molecule has 1 unspecified atom stereocenters. The second-order valence-corrected chi connectivity index (χ2v) is 5.17. The summed E-state index contributed by atoms with van der Waals surface area (Å²) in [6, 6.07) is 2.15. The van der Waals surface area contributed by atoms with Gasteiger partial charge >= 0.3 is 0 Å². The standard InChI is InChI=1S/C14H19N3S/c1-4-16-13(11-8-18-7-10(11)3)12-9(2)5-6-17-14(12)15/h5-8,13,16H,4H2,1-3H3,(H2,15,17). The summed E-state index contributed by atoms with van der Waals surface area (Å²) in [6.45, 7) is 7.22. The molecule has 0 aliphatic heterocycles. The summed E-state index contributed by atoms with van der Waals surface area (Å²) in [5.41, 5.74) is 10.9. The molecule has 4 heteroatoms. The highest BCUT2D eigenvalue weighted by Gasteiger charge is 2.20. The van der Waals surface area contributed by atoms with Crippen LogP contribution in [0.5, 0.6) is 0 Å². The van der Waals surface area contributed by atoms with Gasteiger partial charge in [0.1, 0.15) is 5.82 Å². The molecule has 0 aromatic carbocycles. The number of nitrogen functional groups attached to an aromatic ring is 1. The Bertz CT molecular complexity index is 513. The minimum absolute atomic E-state index is 0.134. The van der Waals surface area contributed by atoms with Gasteiger partial charge in [0.25, 0.3) is 0 Å². The fourth-order valence-corrected chi connectivity index (χ4v) is 3.08. The molecule has 0 radical (unpaired) electrons. The van der Waals surface area contributed by atoms with Gasteiger partial charge in [-0.25, -0.2) is 4.98 Å². The Hall–Kier alpha value is -1.39. The van der Waals surface area contributed by atoms with E-state index in [4.69, 9.17) is 5.73 Å². The Morgan fingerprint density at radius 1 is 1.33 bits per heavy atom. The van der Waals surface area contributed by atoms with Crippen LogP contribution >= 0.6 is 11.3 Å². The van der Waals surface area contributed by atoms with Crippen molar-refractivity contribution in [2.24, 2.45) is 0 Å². The maximum atomic E-state index is 6.06. The first-order chi connectivity index (χ1) is 8.65. The number of pyridine rings is 1. The van der Waals surface area contributed by atoms with Crippen LogP contribution in [-0.4, -0.2) is 11.5 Å². The summed E-state index contributed by atoms with van der Waals surface area (Å²) in [5, 5.41) is 7.87. The summed E-state index contributed by atoms with van der Waals surface area (Å²) in [5.74, 6) is 0.617. The molecule has 0 fully saturated rings. The molecule has 0 aliphatic carbocycles. The molecule has 1 atom stereocenters. The summed E-state index contributed by atoms with van der Waals surface area (Å²) >= 11 is 1.73. The maximum absolute atomic E-state index is 6.06. The van der Waals surface area contributed by atoms with Gasteiger partial charge in [-0.2, -0.15) is 11.3 Å². The van der Waals surface area contributed by atoms with Crippen molar-refractivity contribution >= 4 is 17.2 Å². The van der Waals surface area contributed by atoms with E-state index >= 15 is 0 Å². The number of nitrogens with two attached hydrogens (primary N) is 1. The van der Waals surface area contributed by atoms with Gasteiger partial charge in [0.15, 0.2) is 0 Å². The molecule has 3 N–H and O–H groups in total. The van der Waals surface area contributed by atoms with E-state index < -0.39 is 0 Å². The lowest BCUT2D eigenvalue weighted by Gasteiger charge is -2.21. The minimum atomic E-state index is 0.134. The number of aryl methyl sites for hydroxylation is 2. The first kappa shape index (κ1) is 13.1. The average molecular weight is 261 g/mol. The monoisotopic (exact) mass is 261 g/mol. The predicted octanol–water partition coefficient (Wildman–Crippen LogP) is 3.04. The first-order valence-corrected chi connectivity index (χ1v) is 7.06. The van der Waals surface area contributed by atoms with Gasteiger partial charge in [-0.05, 0) is 53.9 Å². The van der Waals surface area contributed by atoms with Crippen LogP contribution in [0.25, 0.3) is 0 Å². The highest BCUT2D eigenvalue weighted by molar-refractivity contribution is 7.08. The second kappa shape index (κ2) is 5.50. The molecule has 3 nitrogen and oxygen atoms in total. The number of hydrogen-bond acceptors (Lipinski definition) is 4.